The molecular weight excluding hydrogens is 422 g/mol. The molecule has 2 rings (SSSR count). The Bertz CT molecular complexity index is 813. The molecule has 0 spiro atoms. The zero-order valence-corrected chi connectivity index (χ0v) is 20.3. The standard InChI is InChI=1S/C22H34F2N2O4Si/c1-7-29-22(30-8-2)20-19(14-27-3)21(16-11-17(23)13-18(24)12-16)26(25-20)15-28-9-10-31(4,5)6/h11-13,22H,7-10,14-15H2,1-6H3. The minimum Gasteiger partial charge on any atom is -0.380 e. The van der Waals surface area contributed by atoms with E-state index in [-0.39, 0.29) is 13.3 Å². The Morgan fingerprint density at radius 1 is 1.03 bits per heavy atom. The van der Waals surface area contributed by atoms with E-state index in [1.807, 2.05) is 13.8 Å². The van der Waals surface area contributed by atoms with Crippen LogP contribution in [-0.4, -0.2) is 44.8 Å². The van der Waals surface area contributed by atoms with Gasteiger partial charge in [-0.25, -0.2) is 13.5 Å². The summed E-state index contributed by atoms with van der Waals surface area (Å²) in [6.45, 7) is 12.3. The molecule has 0 radical (unpaired) electrons. The van der Waals surface area contributed by atoms with Crippen molar-refractivity contribution in [3.63, 3.8) is 0 Å². The molecule has 0 unspecified atom stereocenters. The van der Waals surface area contributed by atoms with Crippen molar-refractivity contribution in [1.82, 2.24) is 9.78 Å². The number of hydrogen-bond donors (Lipinski definition) is 0. The molecule has 0 aliphatic heterocycles. The Balaban J connectivity index is 2.53. The van der Waals surface area contributed by atoms with Crippen LogP contribution >= 0.6 is 0 Å². The van der Waals surface area contributed by atoms with Gasteiger partial charge in [0.2, 0.25) is 6.29 Å². The van der Waals surface area contributed by atoms with E-state index in [0.29, 0.717) is 42.3 Å². The molecule has 1 heterocycles. The first kappa shape index (κ1) is 25.6. The van der Waals surface area contributed by atoms with Crippen molar-refractivity contribution in [2.45, 2.75) is 59.2 Å². The van der Waals surface area contributed by atoms with Gasteiger partial charge < -0.3 is 18.9 Å². The number of nitrogens with zero attached hydrogens (tertiary/aromatic N) is 2. The highest BCUT2D eigenvalue weighted by molar-refractivity contribution is 6.76. The highest BCUT2D eigenvalue weighted by Crippen LogP contribution is 2.33. The Morgan fingerprint density at radius 3 is 2.16 bits per heavy atom. The summed E-state index contributed by atoms with van der Waals surface area (Å²) in [5.74, 6) is -1.34. The molecule has 0 N–H and O–H groups in total. The van der Waals surface area contributed by atoms with Crippen LogP contribution < -0.4 is 0 Å². The van der Waals surface area contributed by atoms with E-state index in [9.17, 15) is 8.78 Å². The van der Waals surface area contributed by atoms with Crippen LogP contribution in [-0.2, 0) is 32.3 Å². The van der Waals surface area contributed by atoms with Gasteiger partial charge >= 0.3 is 0 Å². The summed E-state index contributed by atoms with van der Waals surface area (Å²) < 4.78 is 52.4. The number of ether oxygens (including phenoxy) is 4. The van der Waals surface area contributed by atoms with E-state index in [4.69, 9.17) is 18.9 Å². The Morgan fingerprint density at radius 2 is 1.65 bits per heavy atom. The predicted molar refractivity (Wildman–Crippen MR) is 118 cm³/mol. The second-order valence-corrected chi connectivity index (χ2v) is 14.0. The summed E-state index contributed by atoms with van der Waals surface area (Å²) in [6.07, 6.45) is -0.722. The molecule has 0 bridgehead atoms. The van der Waals surface area contributed by atoms with Crippen molar-refractivity contribution < 1.29 is 27.7 Å². The molecule has 0 amide bonds. The summed E-state index contributed by atoms with van der Waals surface area (Å²) in [5, 5.41) is 4.66. The number of hydrogen-bond acceptors (Lipinski definition) is 5. The largest absolute Gasteiger partial charge is 0.380 e. The maximum Gasteiger partial charge on any atom is 0.203 e. The zero-order chi connectivity index (χ0) is 23.0. The summed E-state index contributed by atoms with van der Waals surface area (Å²) in [7, 11) is 0.294. The molecule has 0 aliphatic rings. The fourth-order valence-electron chi connectivity index (χ4n) is 3.14. The number of rotatable bonds is 13. The average Bonchev–Trinajstić information content (AvgIpc) is 3.02. The van der Waals surface area contributed by atoms with Crippen molar-refractivity contribution >= 4 is 8.07 Å². The van der Waals surface area contributed by atoms with Crippen LogP contribution in [0.4, 0.5) is 8.78 Å². The first-order valence-electron chi connectivity index (χ1n) is 10.6. The van der Waals surface area contributed by atoms with E-state index in [0.717, 1.165) is 12.1 Å². The minimum atomic E-state index is -1.26. The molecule has 2 aromatic rings. The fraction of sp³-hybridized carbons (Fsp3) is 0.591. The average molecular weight is 457 g/mol. The van der Waals surface area contributed by atoms with Gasteiger partial charge in [-0.05, 0) is 32.0 Å². The highest BCUT2D eigenvalue weighted by Gasteiger charge is 2.27. The molecule has 31 heavy (non-hydrogen) atoms. The van der Waals surface area contributed by atoms with E-state index >= 15 is 0 Å². The van der Waals surface area contributed by atoms with Crippen molar-refractivity contribution in [1.29, 1.82) is 0 Å². The van der Waals surface area contributed by atoms with E-state index in [2.05, 4.69) is 24.7 Å². The maximum absolute atomic E-state index is 14.0. The number of halogens is 2. The maximum atomic E-state index is 14.0. The molecule has 0 atom stereocenters. The number of benzene rings is 1. The second kappa shape index (κ2) is 11.8. The number of aromatic nitrogens is 2. The molecule has 174 valence electrons. The quantitative estimate of drug-likeness (QED) is 0.231. The lowest BCUT2D eigenvalue weighted by Crippen LogP contribution is -2.22. The van der Waals surface area contributed by atoms with Crippen molar-refractivity contribution in [2.75, 3.05) is 26.9 Å². The Labute approximate surface area is 184 Å². The summed E-state index contributed by atoms with van der Waals surface area (Å²) in [4.78, 5) is 0. The van der Waals surface area contributed by atoms with Crippen LogP contribution in [0.25, 0.3) is 11.3 Å². The van der Waals surface area contributed by atoms with Gasteiger partial charge in [-0.1, -0.05) is 19.6 Å². The van der Waals surface area contributed by atoms with Gasteiger partial charge in [0.05, 0.1) is 12.3 Å². The predicted octanol–water partition coefficient (Wildman–Crippen LogP) is 5.36. The second-order valence-electron chi connectivity index (χ2n) is 8.39. The van der Waals surface area contributed by atoms with E-state index in [1.54, 1.807) is 11.8 Å². The summed E-state index contributed by atoms with van der Waals surface area (Å²) in [6, 6.07) is 4.39. The van der Waals surface area contributed by atoms with Crippen molar-refractivity contribution in [2.24, 2.45) is 0 Å². The Hall–Kier alpha value is -1.65. The molecule has 0 fully saturated rings. The molecular formula is C22H34F2N2O4Si. The first-order valence-corrected chi connectivity index (χ1v) is 14.3. The van der Waals surface area contributed by atoms with Crippen LogP contribution in [0, 0.1) is 11.6 Å². The lowest BCUT2D eigenvalue weighted by atomic mass is 10.1. The van der Waals surface area contributed by atoms with E-state index < -0.39 is 26.0 Å². The van der Waals surface area contributed by atoms with Gasteiger partial charge in [0, 0.05) is 52.2 Å². The molecule has 6 nitrogen and oxygen atoms in total. The van der Waals surface area contributed by atoms with Gasteiger partial charge in [0.1, 0.15) is 24.1 Å². The monoisotopic (exact) mass is 456 g/mol. The van der Waals surface area contributed by atoms with Gasteiger partial charge in [-0.2, -0.15) is 5.10 Å². The third kappa shape index (κ3) is 7.46. The van der Waals surface area contributed by atoms with Gasteiger partial charge in [0.25, 0.3) is 0 Å². The highest BCUT2D eigenvalue weighted by atomic mass is 28.3. The fourth-order valence-corrected chi connectivity index (χ4v) is 3.90. The minimum absolute atomic E-state index is 0.139. The lowest BCUT2D eigenvalue weighted by Gasteiger charge is -2.16. The van der Waals surface area contributed by atoms with Gasteiger partial charge in [-0.3, -0.25) is 0 Å². The van der Waals surface area contributed by atoms with Gasteiger partial charge in [0.15, 0.2) is 0 Å². The SMILES string of the molecule is CCOC(OCC)c1nn(COCC[Si](C)(C)C)c(-c2cc(F)cc(F)c2)c1COC. The lowest BCUT2D eigenvalue weighted by molar-refractivity contribution is -0.143. The van der Waals surface area contributed by atoms with Crippen LogP contribution in [0.5, 0.6) is 0 Å². The van der Waals surface area contributed by atoms with Crippen LogP contribution in [0.15, 0.2) is 18.2 Å². The number of methoxy groups -OCH3 is 1. The van der Waals surface area contributed by atoms with Crippen LogP contribution in [0.3, 0.4) is 0 Å². The normalized spacial score (nSPS) is 12.2. The van der Waals surface area contributed by atoms with Crippen LogP contribution in [0.2, 0.25) is 25.7 Å². The first-order chi connectivity index (χ1) is 14.7. The van der Waals surface area contributed by atoms with E-state index in [1.165, 1.54) is 12.1 Å². The molecule has 0 aliphatic carbocycles. The summed E-state index contributed by atoms with van der Waals surface area (Å²) in [5.41, 5.74) is 2.03. The summed E-state index contributed by atoms with van der Waals surface area (Å²) >= 11 is 0. The molecule has 0 saturated carbocycles. The Kier molecular flexibility index (Phi) is 9.76. The third-order valence-corrected chi connectivity index (χ3v) is 6.28. The molecule has 0 saturated heterocycles. The molecule has 1 aromatic carbocycles. The topological polar surface area (TPSA) is 54.7 Å². The smallest absolute Gasteiger partial charge is 0.203 e. The zero-order valence-electron chi connectivity index (χ0n) is 19.3. The van der Waals surface area contributed by atoms with Crippen LogP contribution in [0.1, 0.15) is 31.4 Å². The van der Waals surface area contributed by atoms with Crippen molar-refractivity contribution in [3.05, 3.63) is 41.1 Å². The molecule has 9 heteroatoms. The third-order valence-electron chi connectivity index (χ3n) is 4.58. The van der Waals surface area contributed by atoms with Gasteiger partial charge in [-0.15, -0.1) is 0 Å². The molecule has 1 aromatic heterocycles. The van der Waals surface area contributed by atoms with Crippen molar-refractivity contribution in [3.8, 4) is 11.3 Å².